The Kier molecular flexibility index (Phi) is 4.96. The molecule has 0 amide bonds. The summed E-state index contributed by atoms with van der Waals surface area (Å²) in [6.07, 6.45) is 0.674. The number of aliphatic hydroxyl groups is 1. The second kappa shape index (κ2) is 6.70. The minimum absolute atomic E-state index is 0.0227. The van der Waals surface area contributed by atoms with Crippen molar-refractivity contribution >= 4 is 28.9 Å². The van der Waals surface area contributed by atoms with E-state index >= 15 is 0 Å². The zero-order valence-electron chi connectivity index (χ0n) is 10.1. The molecule has 2 rings (SSSR count). The Bertz CT molecular complexity index is 537. The Hall–Kier alpha value is -1.36. The highest BCUT2D eigenvalue weighted by molar-refractivity contribution is 6.33. The number of benzene rings is 1. The molecule has 1 atom stereocenters. The SMILES string of the molecule is OCC(Cc1ccccc1)Nc1cc(Cl)nnc1Cl. The van der Waals surface area contributed by atoms with E-state index in [0.29, 0.717) is 12.1 Å². The molecule has 0 saturated heterocycles. The standard InChI is InChI=1S/C13H13Cl2N3O/c14-12-7-11(13(15)18-17-12)16-10(8-19)6-9-4-2-1-3-5-9/h1-5,7,10,19H,6,8H2,(H,16,17). The number of nitrogens with one attached hydrogen (secondary N) is 1. The lowest BCUT2D eigenvalue weighted by Crippen LogP contribution is -2.26. The summed E-state index contributed by atoms with van der Waals surface area (Å²) in [4.78, 5) is 0. The van der Waals surface area contributed by atoms with E-state index in [1.807, 2.05) is 30.3 Å². The number of anilines is 1. The van der Waals surface area contributed by atoms with Crippen molar-refractivity contribution in [1.82, 2.24) is 10.2 Å². The summed E-state index contributed by atoms with van der Waals surface area (Å²) in [5.74, 6) is 0. The van der Waals surface area contributed by atoms with E-state index in [0.717, 1.165) is 5.56 Å². The molecule has 6 heteroatoms. The summed E-state index contributed by atoms with van der Waals surface area (Å²) >= 11 is 11.7. The van der Waals surface area contributed by atoms with Crippen molar-refractivity contribution in [3.05, 3.63) is 52.3 Å². The molecule has 4 nitrogen and oxygen atoms in total. The highest BCUT2D eigenvalue weighted by Crippen LogP contribution is 2.22. The van der Waals surface area contributed by atoms with Crippen LogP contribution >= 0.6 is 23.2 Å². The second-order valence-electron chi connectivity index (χ2n) is 4.09. The first kappa shape index (κ1) is 14.1. The van der Waals surface area contributed by atoms with E-state index in [2.05, 4.69) is 15.5 Å². The minimum atomic E-state index is -0.167. The topological polar surface area (TPSA) is 58.0 Å². The molecule has 0 bridgehead atoms. The molecule has 0 aliphatic rings. The fraction of sp³-hybridized carbons (Fsp3) is 0.231. The molecule has 1 aromatic carbocycles. The molecule has 2 aromatic rings. The van der Waals surface area contributed by atoms with E-state index in [4.69, 9.17) is 23.2 Å². The van der Waals surface area contributed by atoms with Gasteiger partial charge in [0.2, 0.25) is 0 Å². The molecule has 1 aromatic heterocycles. The first-order chi connectivity index (χ1) is 9.19. The Labute approximate surface area is 121 Å². The number of hydrogen-bond acceptors (Lipinski definition) is 4. The summed E-state index contributed by atoms with van der Waals surface area (Å²) in [7, 11) is 0. The lowest BCUT2D eigenvalue weighted by molar-refractivity contribution is 0.273. The van der Waals surface area contributed by atoms with Gasteiger partial charge in [-0.2, -0.15) is 0 Å². The van der Waals surface area contributed by atoms with Crippen LogP contribution in [-0.4, -0.2) is 28.0 Å². The monoisotopic (exact) mass is 297 g/mol. The number of nitrogens with zero attached hydrogens (tertiary/aromatic N) is 2. The highest BCUT2D eigenvalue weighted by Gasteiger charge is 2.12. The van der Waals surface area contributed by atoms with Crippen molar-refractivity contribution in [2.75, 3.05) is 11.9 Å². The molecule has 0 fully saturated rings. The summed E-state index contributed by atoms with van der Waals surface area (Å²) in [5.41, 5.74) is 1.69. The van der Waals surface area contributed by atoms with Gasteiger partial charge < -0.3 is 10.4 Å². The van der Waals surface area contributed by atoms with Crippen LogP contribution < -0.4 is 5.32 Å². The van der Waals surface area contributed by atoms with Gasteiger partial charge in [0.05, 0.1) is 18.3 Å². The normalized spacial score (nSPS) is 12.2. The van der Waals surface area contributed by atoms with Crippen LogP contribution in [0.3, 0.4) is 0 Å². The summed E-state index contributed by atoms with van der Waals surface area (Å²) in [6, 6.07) is 11.3. The zero-order valence-corrected chi connectivity index (χ0v) is 11.6. The molecule has 0 aliphatic carbocycles. The molecule has 0 aliphatic heterocycles. The van der Waals surface area contributed by atoms with Crippen molar-refractivity contribution in [1.29, 1.82) is 0 Å². The fourth-order valence-electron chi connectivity index (χ4n) is 1.73. The maximum Gasteiger partial charge on any atom is 0.174 e. The molecule has 0 saturated carbocycles. The molecule has 0 spiro atoms. The van der Waals surface area contributed by atoms with Crippen LogP contribution in [0, 0.1) is 0 Å². The molecule has 100 valence electrons. The molecule has 1 unspecified atom stereocenters. The third-order valence-corrected chi connectivity index (χ3v) is 3.09. The maximum absolute atomic E-state index is 9.43. The fourth-order valence-corrected chi connectivity index (χ4v) is 2.03. The van der Waals surface area contributed by atoms with Crippen molar-refractivity contribution in [2.24, 2.45) is 0 Å². The third kappa shape index (κ3) is 4.06. The lowest BCUT2D eigenvalue weighted by Gasteiger charge is -2.18. The Balaban J connectivity index is 2.09. The number of hydrogen-bond donors (Lipinski definition) is 2. The quantitative estimate of drug-likeness (QED) is 0.891. The number of halogens is 2. The van der Waals surface area contributed by atoms with E-state index in [1.54, 1.807) is 6.07 Å². The smallest absolute Gasteiger partial charge is 0.174 e. The molecule has 2 N–H and O–H groups in total. The van der Waals surface area contributed by atoms with E-state index < -0.39 is 0 Å². The van der Waals surface area contributed by atoms with Gasteiger partial charge in [-0.3, -0.25) is 0 Å². The lowest BCUT2D eigenvalue weighted by atomic mass is 10.1. The average molecular weight is 298 g/mol. The van der Waals surface area contributed by atoms with Crippen LogP contribution in [0.5, 0.6) is 0 Å². The summed E-state index contributed by atoms with van der Waals surface area (Å²) in [6.45, 7) is -0.0227. The third-order valence-electron chi connectivity index (χ3n) is 2.62. The average Bonchev–Trinajstić information content (AvgIpc) is 2.43. The van der Waals surface area contributed by atoms with Crippen LogP contribution in [0.15, 0.2) is 36.4 Å². The van der Waals surface area contributed by atoms with E-state index in [9.17, 15) is 5.11 Å². The maximum atomic E-state index is 9.43. The molecule has 1 heterocycles. The van der Waals surface area contributed by atoms with Gasteiger partial charge in [-0.15, -0.1) is 10.2 Å². The predicted octanol–water partition coefficient (Wildman–Crippen LogP) is 2.80. The van der Waals surface area contributed by atoms with Crippen LogP contribution in [0.4, 0.5) is 5.69 Å². The van der Waals surface area contributed by atoms with Gasteiger partial charge in [-0.25, -0.2) is 0 Å². The van der Waals surface area contributed by atoms with Gasteiger partial charge in [-0.05, 0) is 12.0 Å². The predicted molar refractivity (Wildman–Crippen MR) is 76.7 cm³/mol. The molecule has 19 heavy (non-hydrogen) atoms. The molecular formula is C13H13Cl2N3O. The summed E-state index contributed by atoms with van der Waals surface area (Å²) < 4.78 is 0. The van der Waals surface area contributed by atoms with Crippen LogP contribution in [0.2, 0.25) is 10.3 Å². The second-order valence-corrected chi connectivity index (χ2v) is 4.83. The number of aromatic nitrogens is 2. The van der Waals surface area contributed by atoms with Gasteiger partial charge >= 0.3 is 0 Å². The van der Waals surface area contributed by atoms with Crippen molar-refractivity contribution in [3.63, 3.8) is 0 Å². The van der Waals surface area contributed by atoms with Crippen molar-refractivity contribution in [2.45, 2.75) is 12.5 Å². The van der Waals surface area contributed by atoms with Crippen molar-refractivity contribution < 1.29 is 5.11 Å². The molecular weight excluding hydrogens is 285 g/mol. The van der Waals surface area contributed by atoms with Gasteiger partial charge in [0.1, 0.15) is 0 Å². The van der Waals surface area contributed by atoms with Gasteiger partial charge in [0, 0.05) is 6.07 Å². The minimum Gasteiger partial charge on any atom is -0.394 e. The Morgan fingerprint density at radius 2 is 1.89 bits per heavy atom. The van der Waals surface area contributed by atoms with E-state index in [1.165, 1.54) is 0 Å². The zero-order chi connectivity index (χ0) is 13.7. The van der Waals surface area contributed by atoms with Crippen LogP contribution in [0.25, 0.3) is 0 Å². The number of aliphatic hydroxyl groups excluding tert-OH is 1. The van der Waals surface area contributed by atoms with Gasteiger partial charge in [0.15, 0.2) is 10.3 Å². The highest BCUT2D eigenvalue weighted by atomic mass is 35.5. The first-order valence-corrected chi connectivity index (χ1v) is 6.54. The first-order valence-electron chi connectivity index (χ1n) is 5.79. The summed E-state index contributed by atoms with van der Waals surface area (Å²) in [5, 5.41) is 20.4. The van der Waals surface area contributed by atoms with Crippen molar-refractivity contribution in [3.8, 4) is 0 Å². The Morgan fingerprint density at radius 1 is 1.16 bits per heavy atom. The van der Waals surface area contributed by atoms with Crippen LogP contribution in [0.1, 0.15) is 5.56 Å². The van der Waals surface area contributed by atoms with Gasteiger partial charge in [-0.1, -0.05) is 53.5 Å². The Morgan fingerprint density at radius 3 is 2.58 bits per heavy atom. The number of rotatable bonds is 5. The van der Waals surface area contributed by atoms with E-state index in [-0.39, 0.29) is 23.0 Å². The van der Waals surface area contributed by atoms with Gasteiger partial charge in [0.25, 0.3) is 0 Å². The van der Waals surface area contributed by atoms with Crippen LogP contribution in [-0.2, 0) is 6.42 Å². The molecule has 0 radical (unpaired) electrons. The largest absolute Gasteiger partial charge is 0.394 e.